The molecular formula is C32H34FN7O4. The zero-order valence-electron chi connectivity index (χ0n) is 24.1. The second kappa shape index (κ2) is 12.9. The summed E-state index contributed by atoms with van der Waals surface area (Å²) >= 11 is 0. The highest BCUT2D eigenvalue weighted by atomic mass is 19.1. The smallest absolute Gasteiger partial charge is 0.269 e. The number of benzene rings is 2. The van der Waals surface area contributed by atoms with E-state index in [0.717, 1.165) is 42.4 Å². The van der Waals surface area contributed by atoms with Crippen LogP contribution in [0, 0.1) is 0 Å². The number of aromatic nitrogens is 4. The molecule has 0 bridgehead atoms. The minimum Gasteiger partial charge on any atom is -0.371 e. The fourth-order valence-corrected chi connectivity index (χ4v) is 6.17. The third-order valence-corrected chi connectivity index (χ3v) is 8.40. The van der Waals surface area contributed by atoms with E-state index in [1.807, 2.05) is 36.4 Å². The van der Waals surface area contributed by atoms with E-state index >= 15 is 0 Å². The predicted octanol–water partition coefficient (Wildman–Crippen LogP) is 3.18. The maximum absolute atomic E-state index is 14.7. The Morgan fingerprint density at radius 2 is 1.84 bits per heavy atom. The van der Waals surface area contributed by atoms with Gasteiger partial charge in [-0.1, -0.05) is 49.2 Å². The number of fused-ring (bicyclic) bond motifs is 1. The van der Waals surface area contributed by atoms with E-state index in [4.69, 9.17) is 10.5 Å². The molecule has 3 heterocycles. The quantitative estimate of drug-likeness (QED) is 0.301. The van der Waals surface area contributed by atoms with E-state index in [2.05, 4.69) is 20.6 Å². The van der Waals surface area contributed by atoms with Crippen molar-refractivity contribution in [3.8, 4) is 11.1 Å². The van der Waals surface area contributed by atoms with Gasteiger partial charge in [-0.25, -0.2) is 4.39 Å². The summed E-state index contributed by atoms with van der Waals surface area (Å²) in [6.45, 7) is -0.0518. The number of hydrogen-bond donors (Lipinski definition) is 2. The molecule has 1 aliphatic heterocycles. The topological polar surface area (TPSA) is 145 Å². The zero-order chi connectivity index (χ0) is 30.6. The lowest BCUT2D eigenvalue weighted by atomic mass is 9.92. The van der Waals surface area contributed by atoms with Crippen molar-refractivity contribution in [3.05, 3.63) is 78.2 Å². The molecule has 6 rings (SSSR count). The highest BCUT2D eigenvalue weighted by molar-refractivity contribution is 6.05. The van der Waals surface area contributed by atoms with Crippen molar-refractivity contribution in [2.24, 2.45) is 5.73 Å². The van der Waals surface area contributed by atoms with Crippen molar-refractivity contribution < 1.29 is 23.5 Å². The summed E-state index contributed by atoms with van der Waals surface area (Å²) in [6.07, 6.45) is 5.06. The molecule has 0 radical (unpaired) electrons. The number of carbonyl (C=O) groups is 3. The lowest BCUT2D eigenvalue weighted by molar-refractivity contribution is -0.140. The van der Waals surface area contributed by atoms with Crippen molar-refractivity contribution in [3.63, 3.8) is 0 Å². The number of ether oxygens (including phenoxy) is 1. The van der Waals surface area contributed by atoms with Gasteiger partial charge in [-0.15, -0.1) is 0 Å². The number of primary amides is 1. The molecule has 228 valence electrons. The van der Waals surface area contributed by atoms with Crippen LogP contribution in [0.3, 0.4) is 0 Å². The molecule has 44 heavy (non-hydrogen) atoms. The third kappa shape index (κ3) is 6.30. The molecule has 1 saturated heterocycles. The first-order chi connectivity index (χ1) is 21.4. The molecule has 2 unspecified atom stereocenters. The Kier molecular flexibility index (Phi) is 8.60. The summed E-state index contributed by atoms with van der Waals surface area (Å²) in [4.78, 5) is 40.6. The number of rotatable bonds is 9. The fraction of sp³-hybridized carbons (Fsp3) is 0.375. The number of alkyl halides is 1. The van der Waals surface area contributed by atoms with Crippen LogP contribution in [0.4, 0.5) is 4.39 Å². The normalized spacial score (nSPS) is 21.8. The summed E-state index contributed by atoms with van der Waals surface area (Å²) in [6, 6.07) is 15.7. The van der Waals surface area contributed by atoms with Crippen LogP contribution in [0.1, 0.15) is 48.2 Å². The summed E-state index contributed by atoms with van der Waals surface area (Å²) in [7, 11) is 0. The third-order valence-electron chi connectivity index (χ3n) is 8.40. The molecule has 2 aromatic carbocycles. The Morgan fingerprint density at radius 1 is 1.02 bits per heavy atom. The van der Waals surface area contributed by atoms with Crippen molar-refractivity contribution in [2.75, 3.05) is 6.54 Å². The summed E-state index contributed by atoms with van der Waals surface area (Å²) in [5.74, 6) is -1.61. The Bertz CT molecular complexity index is 1650. The van der Waals surface area contributed by atoms with Gasteiger partial charge >= 0.3 is 0 Å². The minimum atomic E-state index is -1.33. The first kappa shape index (κ1) is 29.4. The molecule has 4 aromatic rings. The van der Waals surface area contributed by atoms with Gasteiger partial charge in [0.05, 0.1) is 43.2 Å². The maximum Gasteiger partial charge on any atom is 0.269 e. The van der Waals surface area contributed by atoms with Crippen LogP contribution in [0.5, 0.6) is 0 Å². The number of nitrogens with zero attached hydrogens (tertiary/aromatic N) is 5. The molecule has 3 N–H and O–H groups in total. The van der Waals surface area contributed by atoms with Gasteiger partial charge in [0.1, 0.15) is 18.8 Å². The molecule has 1 aliphatic carbocycles. The Morgan fingerprint density at radius 3 is 2.61 bits per heavy atom. The molecule has 2 aromatic heterocycles. The van der Waals surface area contributed by atoms with Gasteiger partial charge in [0.15, 0.2) is 5.69 Å². The summed E-state index contributed by atoms with van der Waals surface area (Å²) in [5.41, 5.74) is 8.74. The first-order valence-corrected chi connectivity index (χ1v) is 14.8. The lowest BCUT2D eigenvalue weighted by Gasteiger charge is -2.34. The van der Waals surface area contributed by atoms with Crippen molar-refractivity contribution in [1.29, 1.82) is 0 Å². The minimum absolute atomic E-state index is 0.00888. The van der Waals surface area contributed by atoms with E-state index in [-0.39, 0.29) is 37.4 Å². The predicted molar refractivity (Wildman–Crippen MR) is 160 cm³/mol. The number of hydrogen-bond acceptors (Lipinski definition) is 7. The van der Waals surface area contributed by atoms with Gasteiger partial charge in [-0.05, 0) is 42.2 Å². The fourth-order valence-electron chi connectivity index (χ4n) is 6.17. The molecule has 12 heteroatoms. The van der Waals surface area contributed by atoms with Crippen LogP contribution in [0.25, 0.3) is 22.0 Å². The highest BCUT2D eigenvalue weighted by Crippen LogP contribution is 2.28. The SMILES string of the molecule is NC(=O)c1nn(CC(=O)N2C[C@H](F)C[C@H]2C(=O)NC2CCCCC2OCc2ccccc2)c2ccc(-c3ccnnc3)cc12. The highest BCUT2D eigenvalue weighted by Gasteiger charge is 2.41. The average molecular weight is 600 g/mol. The van der Waals surface area contributed by atoms with E-state index in [1.165, 1.54) is 9.58 Å². The Labute approximate surface area is 253 Å². The molecule has 0 spiro atoms. The molecule has 2 fully saturated rings. The number of likely N-dealkylation sites (tertiary alicyclic amines) is 1. The van der Waals surface area contributed by atoms with Gasteiger partial charge < -0.3 is 20.7 Å². The Hall–Kier alpha value is -4.71. The van der Waals surface area contributed by atoms with Crippen molar-refractivity contribution in [2.45, 2.75) is 69.6 Å². The number of amides is 3. The van der Waals surface area contributed by atoms with Gasteiger partial charge in [0, 0.05) is 17.4 Å². The summed E-state index contributed by atoms with van der Waals surface area (Å²) in [5, 5.41) is 15.6. The van der Waals surface area contributed by atoms with Crippen LogP contribution in [-0.2, 0) is 27.5 Å². The molecule has 4 atom stereocenters. The standard InChI is InChI=1S/C32H34FN7O4/c33-23-15-27(32(43)37-25-8-4-5-9-28(25)44-19-20-6-2-1-3-7-20)39(17-23)29(41)18-40-26-11-10-21(22-12-13-35-36-16-22)14-24(26)30(38-40)31(34)42/h1-3,6-7,10-14,16,23,25,27-28H,4-5,8-9,15,17-19H2,(H2,34,42)(H,37,43)/t23-,25?,27+,28?/m1/s1. The summed E-state index contributed by atoms with van der Waals surface area (Å²) < 4.78 is 22.3. The average Bonchev–Trinajstić information content (AvgIpc) is 3.62. The zero-order valence-corrected chi connectivity index (χ0v) is 24.1. The molecular weight excluding hydrogens is 565 g/mol. The largest absolute Gasteiger partial charge is 0.371 e. The van der Waals surface area contributed by atoms with Gasteiger partial charge in [-0.2, -0.15) is 15.3 Å². The van der Waals surface area contributed by atoms with Crippen molar-refractivity contribution >= 4 is 28.6 Å². The number of nitrogens with one attached hydrogen (secondary N) is 1. The molecule has 3 amide bonds. The number of nitrogens with two attached hydrogens (primary N) is 1. The Balaban J connectivity index is 1.17. The van der Waals surface area contributed by atoms with Crippen LogP contribution < -0.4 is 11.1 Å². The number of halogens is 1. The van der Waals surface area contributed by atoms with Crippen molar-refractivity contribution in [1.82, 2.24) is 30.2 Å². The molecule has 1 saturated carbocycles. The van der Waals surface area contributed by atoms with E-state index in [1.54, 1.807) is 30.6 Å². The van der Waals surface area contributed by atoms with Crippen LogP contribution in [0.15, 0.2) is 67.0 Å². The van der Waals surface area contributed by atoms with Crippen LogP contribution in [-0.4, -0.2) is 73.5 Å². The van der Waals surface area contributed by atoms with E-state index in [9.17, 15) is 18.8 Å². The van der Waals surface area contributed by atoms with E-state index in [0.29, 0.717) is 17.5 Å². The van der Waals surface area contributed by atoms with E-state index < -0.39 is 29.9 Å². The monoisotopic (exact) mass is 599 g/mol. The number of carbonyl (C=O) groups excluding carboxylic acids is 3. The second-order valence-electron chi connectivity index (χ2n) is 11.4. The first-order valence-electron chi connectivity index (χ1n) is 14.8. The van der Waals surface area contributed by atoms with Gasteiger partial charge in [0.25, 0.3) is 5.91 Å². The lowest BCUT2D eigenvalue weighted by Crippen LogP contribution is -2.53. The van der Waals surface area contributed by atoms with Gasteiger partial charge in [0.2, 0.25) is 11.8 Å². The maximum atomic E-state index is 14.7. The van der Waals surface area contributed by atoms with Gasteiger partial charge in [-0.3, -0.25) is 19.1 Å². The van der Waals surface area contributed by atoms with Crippen LogP contribution >= 0.6 is 0 Å². The second-order valence-corrected chi connectivity index (χ2v) is 11.4. The molecule has 11 nitrogen and oxygen atoms in total. The van der Waals surface area contributed by atoms with Crippen LogP contribution in [0.2, 0.25) is 0 Å². The molecule has 2 aliphatic rings.